The van der Waals surface area contributed by atoms with E-state index in [4.69, 9.17) is 0 Å². The van der Waals surface area contributed by atoms with E-state index in [1.54, 1.807) is 48.5 Å². The maximum absolute atomic E-state index is 12.6. The van der Waals surface area contributed by atoms with Gasteiger partial charge in [-0.15, -0.1) is 0 Å². The zero-order valence-corrected chi connectivity index (χ0v) is 19.5. The summed E-state index contributed by atoms with van der Waals surface area (Å²) < 4.78 is 55.1. The minimum atomic E-state index is -3.63. The lowest BCUT2D eigenvalue weighted by molar-refractivity contribution is 0.423. The molecule has 1 unspecified atom stereocenters. The molecule has 0 fully saturated rings. The van der Waals surface area contributed by atoms with Gasteiger partial charge in [-0.05, 0) is 44.0 Å². The van der Waals surface area contributed by atoms with Crippen LogP contribution >= 0.6 is 0 Å². The highest BCUT2D eigenvalue weighted by atomic mass is 32.2. The van der Waals surface area contributed by atoms with Gasteiger partial charge in [0.2, 0.25) is 20.0 Å². The first-order valence-corrected chi connectivity index (χ1v) is 12.8. The first-order chi connectivity index (χ1) is 14.0. The zero-order chi connectivity index (χ0) is 22.4. The highest BCUT2D eigenvalue weighted by molar-refractivity contribution is 7.89. The molecule has 9 heteroatoms. The Bertz CT molecular complexity index is 1020. The molecule has 3 N–H and O–H groups in total. The van der Waals surface area contributed by atoms with Crippen LogP contribution in [0.25, 0.3) is 0 Å². The van der Waals surface area contributed by atoms with E-state index in [-0.39, 0.29) is 28.3 Å². The molecule has 0 aliphatic carbocycles. The van der Waals surface area contributed by atoms with Crippen molar-refractivity contribution in [2.75, 3.05) is 19.6 Å². The fourth-order valence-electron chi connectivity index (χ4n) is 2.73. The molecule has 0 saturated carbocycles. The van der Waals surface area contributed by atoms with Crippen LogP contribution in [0.1, 0.15) is 25.0 Å². The van der Waals surface area contributed by atoms with Gasteiger partial charge in [0.15, 0.2) is 0 Å². The van der Waals surface area contributed by atoms with Crippen molar-refractivity contribution in [2.45, 2.75) is 43.5 Å². The predicted octanol–water partition coefficient (Wildman–Crippen LogP) is 2.17. The van der Waals surface area contributed by atoms with Crippen LogP contribution < -0.4 is 14.8 Å². The highest BCUT2D eigenvalue weighted by Gasteiger charge is 2.22. The second-order valence-electron chi connectivity index (χ2n) is 7.70. The fourth-order valence-corrected chi connectivity index (χ4v) is 5.15. The Morgan fingerprint density at radius 3 is 1.67 bits per heavy atom. The molecular formula is C21H31N3O4S2. The molecule has 2 aromatic rings. The number of nitrogens with one attached hydrogen (secondary N) is 3. The summed E-state index contributed by atoms with van der Waals surface area (Å²) in [7, 11) is -7.19. The van der Waals surface area contributed by atoms with Gasteiger partial charge in [-0.2, -0.15) is 0 Å². The summed E-state index contributed by atoms with van der Waals surface area (Å²) >= 11 is 0. The van der Waals surface area contributed by atoms with E-state index in [0.29, 0.717) is 13.1 Å². The topological polar surface area (TPSA) is 104 Å². The second-order valence-corrected chi connectivity index (χ2v) is 11.2. The van der Waals surface area contributed by atoms with Gasteiger partial charge >= 0.3 is 0 Å². The van der Waals surface area contributed by atoms with Crippen LogP contribution in [-0.4, -0.2) is 42.5 Å². The molecule has 2 aromatic carbocycles. The lowest BCUT2D eigenvalue weighted by atomic mass is 10.1. The zero-order valence-electron chi connectivity index (χ0n) is 17.8. The lowest BCUT2D eigenvalue weighted by Crippen LogP contribution is -2.46. The van der Waals surface area contributed by atoms with E-state index >= 15 is 0 Å². The standard InChI is InChI=1S/C21H31N3O4S2/c1-16(2)21(24-30(27,28)20-11-7-18(4)8-12-20)15-22-13-14-23-29(25,26)19-9-5-17(3)6-10-19/h5-12,16,21-24H,13-15H2,1-4H3. The van der Waals surface area contributed by atoms with E-state index in [2.05, 4.69) is 14.8 Å². The Morgan fingerprint density at radius 2 is 1.20 bits per heavy atom. The molecule has 0 saturated heterocycles. The molecule has 7 nitrogen and oxygen atoms in total. The number of benzene rings is 2. The summed E-state index contributed by atoms with van der Waals surface area (Å²) in [6.45, 7) is 8.62. The molecule has 0 heterocycles. The normalized spacial score (nSPS) is 13.5. The molecule has 2 rings (SSSR count). The Labute approximate surface area is 180 Å². The summed E-state index contributed by atoms with van der Waals surface area (Å²) in [5.74, 6) is 0.0574. The van der Waals surface area contributed by atoms with Crippen LogP contribution in [0.15, 0.2) is 58.3 Å². The van der Waals surface area contributed by atoms with Crippen molar-refractivity contribution in [1.29, 1.82) is 0 Å². The van der Waals surface area contributed by atoms with E-state index < -0.39 is 20.0 Å². The molecular weight excluding hydrogens is 422 g/mol. The summed E-state index contributed by atoms with van der Waals surface area (Å²) in [5.41, 5.74) is 1.98. The molecule has 1 atom stereocenters. The van der Waals surface area contributed by atoms with Crippen molar-refractivity contribution in [3.8, 4) is 0 Å². The van der Waals surface area contributed by atoms with Gasteiger partial charge in [0.1, 0.15) is 0 Å². The van der Waals surface area contributed by atoms with E-state index in [1.807, 2.05) is 27.7 Å². The maximum Gasteiger partial charge on any atom is 0.240 e. The predicted molar refractivity (Wildman–Crippen MR) is 119 cm³/mol. The molecule has 30 heavy (non-hydrogen) atoms. The van der Waals surface area contributed by atoms with Gasteiger partial charge in [-0.25, -0.2) is 26.3 Å². The molecule has 0 spiro atoms. The molecule has 0 amide bonds. The van der Waals surface area contributed by atoms with Crippen molar-refractivity contribution < 1.29 is 16.8 Å². The second kappa shape index (κ2) is 10.5. The lowest BCUT2D eigenvalue weighted by Gasteiger charge is -2.23. The molecule has 0 aliphatic rings. The Morgan fingerprint density at radius 1 is 0.733 bits per heavy atom. The van der Waals surface area contributed by atoms with Crippen LogP contribution in [0.2, 0.25) is 0 Å². The third-order valence-electron chi connectivity index (χ3n) is 4.73. The number of hydrogen-bond donors (Lipinski definition) is 3. The van der Waals surface area contributed by atoms with Gasteiger partial charge in [0, 0.05) is 25.7 Å². The maximum atomic E-state index is 12.6. The average molecular weight is 454 g/mol. The van der Waals surface area contributed by atoms with E-state index in [1.165, 1.54) is 0 Å². The monoisotopic (exact) mass is 453 g/mol. The SMILES string of the molecule is Cc1ccc(S(=O)(=O)NCCNCC(NS(=O)(=O)c2ccc(C)cc2)C(C)C)cc1. The quantitative estimate of drug-likeness (QED) is 0.453. The minimum absolute atomic E-state index is 0.0574. The first-order valence-electron chi connectivity index (χ1n) is 9.87. The number of sulfonamides is 2. The van der Waals surface area contributed by atoms with Crippen LogP contribution in [-0.2, 0) is 20.0 Å². The van der Waals surface area contributed by atoms with E-state index in [9.17, 15) is 16.8 Å². The van der Waals surface area contributed by atoms with Gasteiger partial charge in [0.05, 0.1) is 9.79 Å². The fraction of sp³-hybridized carbons (Fsp3) is 0.429. The molecule has 0 radical (unpaired) electrons. The van der Waals surface area contributed by atoms with Crippen molar-refractivity contribution in [3.63, 3.8) is 0 Å². The van der Waals surface area contributed by atoms with Gasteiger partial charge in [-0.3, -0.25) is 0 Å². The van der Waals surface area contributed by atoms with Gasteiger partial charge in [-0.1, -0.05) is 49.2 Å². The van der Waals surface area contributed by atoms with Crippen molar-refractivity contribution >= 4 is 20.0 Å². The summed E-state index contributed by atoms with van der Waals surface area (Å²) in [5, 5.41) is 3.13. The average Bonchev–Trinajstić information content (AvgIpc) is 2.67. The van der Waals surface area contributed by atoms with Crippen LogP contribution in [0.5, 0.6) is 0 Å². The van der Waals surface area contributed by atoms with Crippen LogP contribution in [0.4, 0.5) is 0 Å². The van der Waals surface area contributed by atoms with Crippen molar-refractivity contribution in [3.05, 3.63) is 59.7 Å². The number of rotatable bonds is 11. The smallest absolute Gasteiger partial charge is 0.240 e. The van der Waals surface area contributed by atoms with Gasteiger partial charge in [0.25, 0.3) is 0 Å². The Hall–Kier alpha value is -1.78. The summed E-state index contributed by atoms with van der Waals surface area (Å²) in [6.07, 6.45) is 0. The van der Waals surface area contributed by atoms with E-state index in [0.717, 1.165) is 11.1 Å². The molecule has 166 valence electrons. The van der Waals surface area contributed by atoms with Crippen LogP contribution in [0, 0.1) is 19.8 Å². The Kier molecular flexibility index (Phi) is 8.57. The third kappa shape index (κ3) is 7.17. The third-order valence-corrected chi connectivity index (χ3v) is 7.71. The molecule has 0 aromatic heterocycles. The molecule has 0 bridgehead atoms. The van der Waals surface area contributed by atoms with Crippen molar-refractivity contribution in [2.24, 2.45) is 5.92 Å². The summed E-state index contributed by atoms with van der Waals surface area (Å²) in [4.78, 5) is 0.448. The van der Waals surface area contributed by atoms with Crippen molar-refractivity contribution in [1.82, 2.24) is 14.8 Å². The van der Waals surface area contributed by atoms with Gasteiger partial charge < -0.3 is 5.32 Å². The number of hydrogen-bond acceptors (Lipinski definition) is 5. The van der Waals surface area contributed by atoms with Crippen LogP contribution in [0.3, 0.4) is 0 Å². The highest BCUT2D eigenvalue weighted by Crippen LogP contribution is 2.13. The summed E-state index contributed by atoms with van der Waals surface area (Å²) in [6, 6.07) is 13.0. The largest absolute Gasteiger partial charge is 0.314 e. The minimum Gasteiger partial charge on any atom is -0.314 e. The molecule has 0 aliphatic heterocycles. The first kappa shape index (κ1) is 24.5. The number of aryl methyl sites for hydroxylation is 2. The Balaban J connectivity index is 1.86.